The molecule has 0 aliphatic heterocycles. The summed E-state index contributed by atoms with van der Waals surface area (Å²) in [6.45, 7) is 1.92. The summed E-state index contributed by atoms with van der Waals surface area (Å²) >= 11 is 4.82. The Morgan fingerprint density at radius 1 is 1.25 bits per heavy atom. The highest BCUT2D eigenvalue weighted by Gasteiger charge is 2.13. The molecule has 0 fully saturated rings. The van der Waals surface area contributed by atoms with Gasteiger partial charge in [0.2, 0.25) is 11.8 Å². The smallest absolute Gasteiger partial charge is 0.245 e. The summed E-state index contributed by atoms with van der Waals surface area (Å²) in [4.78, 5) is 30.6. The quantitative estimate of drug-likeness (QED) is 0.745. The predicted molar refractivity (Wildman–Crippen MR) is 100 cm³/mol. The topological polar surface area (TPSA) is 62.3 Å². The maximum absolute atomic E-state index is 12.1. The van der Waals surface area contributed by atoms with Crippen LogP contribution in [0, 0.1) is 6.92 Å². The summed E-state index contributed by atoms with van der Waals surface area (Å²) < 4.78 is 0.997. The molecular weight excluding hydrogens is 390 g/mol. The van der Waals surface area contributed by atoms with Crippen molar-refractivity contribution in [1.29, 1.82) is 0 Å². The number of hydrogen-bond acceptors (Lipinski definition) is 4. The third-order valence-electron chi connectivity index (χ3n) is 3.17. The van der Waals surface area contributed by atoms with Crippen LogP contribution in [0.25, 0.3) is 0 Å². The van der Waals surface area contributed by atoms with Crippen LogP contribution in [-0.4, -0.2) is 41.0 Å². The normalized spacial score (nSPS) is 10.3. The van der Waals surface area contributed by atoms with Gasteiger partial charge in [0.05, 0.1) is 12.3 Å². The lowest BCUT2D eigenvalue weighted by Gasteiger charge is -2.16. The van der Waals surface area contributed by atoms with Gasteiger partial charge in [-0.3, -0.25) is 9.59 Å². The van der Waals surface area contributed by atoms with E-state index >= 15 is 0 Å². The SMILES string of the molecule is Cc1ccnc(NC(=O)CN(C)C(=O)CSc2ccc(Br)cc2)c1. The van der Waals surface area contributed by atoms with Crippen LogP contribution >= 0.6 is 27.7 Å². The third-order valence-corrected chi connectivity index (χ3v) is 4.69. The van der Waals surface area contributed by atoms with Crippen LogP contribution in [0.4, 0.5) is 5.82 Å². The van der Waals surface area contributed by atoms with Gasteiger partial charge in [0, 0.05) is 22.6 Å². The van der Waals surface area contributed by atoms with Crippen molar-refractivity contribution >= 4 is 45.3 Å². The number of anilines is 1. The molecule has 0 saturated heterocycles. The van der Waals surface area contributed by atoms with Crippen molar-refractivity contribution in [2.45, 2.75) is 11.8 Å². The number of benzene rings is 1. The van der Waals surface area contributed by atoms with Gasteiger partial charge in [0.15, 0.2) is 0 Å². The summed E-state index contributed by atoms with van der Waals surface area (Å²) in [5.74, 6) is 0.409. The largest absolute Gasteiger partial charge is 0.336 e. The molecule has 0 unspecified atom stereocenters. The maximum atomic E-state index is 12.1. The molecule has 1 aromatic heterocycles. The van der Waals surface area contributed by atoms with Gasteiger partial charge in [0.1, 0.15) is 5.82 Å². The van der Waals surface area contributed by atoms with Crippen LogP contribution in [0.15, 0.2) is 52.0 Å². The van der Waals surface area contributed by atoms with Crippen molar-refractivity contribution in [2.75, 3.05) is 24.7 Å². The fraction of sp³-hybridized carbons (Fsp3) is 0.235. The van der Waals surface area contributed by atoms with E-state index in [0.29, 0.717) is 5.82 Å². The zero-order valence-electron chi connectivity index (χ0n) is 13.5. The van der Waals surface area contributed by atoms with E-state index in [-0.39, 0.29) is 24.1 Å². The Hall–Kier alpha value is -1.86. The number of aromatic nitrogens is 1. The highest BCUT2D eigenvalue weighted by molar-refractivity contribution is 9.10. The first-order chi connectivity index (χ1) is 11.4. The molecule has 0 aliphatic carbocycles. The number of nitrogens with zero attached hydrogens (tertiary/aromatic N) is 2. The molecule has 0 saturated carbocycles. The number of thioether (sulfide) groups is 1. The van der Waals surface area contributed by atoms with Crippen LogP contribution in [0.5, 0.6) is 0 Å². The van der Waals surface area contributed by atoms with Gasteiger partial charge in [-0.2, -0.15) is 0 Å². The number of likely N-dealkylation sites (N-methyl/N-ethyl adjacent to an activating group) is 1. The van der Waals surface area contributed by atoms with Crippen LogP contribution < -0.4 is 5.32 Å². The van der Waals surface area contributed by atoms with E-state index in [1.807, 2.05) is 37.3 Å². The number of halogens is 1. The minimum atomic E-state index is -0.266. The van der Waals surface area contributed by atoms with Gasteiger partial charge >= 0.3 is 0 Å². The second-order valence-electron chi connectivity index (χ2n) is 5.26. The number of nitrogens with one attached hydrogen (secondary N) is 1. The molecule has 0 aliphatic rings. The first kappa shape index (κ1) is 18.5. The van der Waals surface area contributed by atoms with Crippen LogP contribution in [0.2, 0.25) is 0 Å². The lowest BCUT2D eigenvalue weighted by atomic mass is 10.3. The molecular formula is C17H18BrN3O2S. The molecule has 0 spiro atoms. The maximum Gasteiger partial charge on any atom is 0.245 e. The Bertz CT molecular complexity index is 722. The fourth-order valence-corrected chi connectivity index (χ4v) is 2.98. The van der Waals surface area contributed by atoms with E-state index in [4.69, 9.17) is 0 Å². The van der Waals surface area contributed by atoms with Crippen molar-refractivity contribution < 1.29 is 9.59 Å². The summed E-state index contributed by atoms with van der Waals surface area (Å²) in [7, 11) is 1.62. The second kappa shape index (κ2) is 8.84. The highest BCUT2D eigenvalue weighted by atomic mass is 79.9. The predicted octanol–water partition coefficient (Wildman–Crippen LogP) is 3.34. The number of amides is 2. The molecule has 1 heterocycles. The molecule has 1 aromatic carbocycles. The number of pyridine rings is 1. The minimum Gasteiger partial charge on any atom is -0.336 e. The average Bonchev–Trinajstić information content (AvgIpc) is 2.53. The van der Waals surface area contributed by atoms with E-state index in [0.717, 1.165) is 14.9 Å². The van der Waals surface area contributed by atoms with Crippen molar-refractivity contribution in [3.8, 4) is 0 Å². The Morgan fingerprint density at radius 2 is 1.96 bits per heavy atom. The number of rotatable bonds is 6. The van der Waals surface area contributed by atoms with Crippen molar-refractivity contribution in [1.82, 2.24) is 9.88 Å². The molecule has 1 N–H and O–H groups in total. The molecule has 2 rings (SSSR count). The van der Waals surface area contributed by atoms with Gasteiger partial charge in [-0.1, -0.05) is 15.9 Å². The van der Waals surface area contributed by atoms with Crippen LogP contribution in [0.3, 0.4) is 0 Å². The standard InChI is InChI=1S/C17H18BrN3O2S/c1-12-7-8-19-15(9-12)20-16(22)10-21(2)17(23)11-24-14-5-3-13(18)4-6-14/h3-9H,10-11H2,1-2H3,(H,19,20,22). The van der Waals surface area contributed by atoms with E-state index in [2.05, 4.69) is 26.2 Å². The van der Waals surface area contributed by atoms with E-state index in [9.17, 15) is 9.59 Å². The van der Waals surface area contributed by atoms with E-state index in [1.54, 1.807) is 19.3 Å². The molecule has 126 valence electrons. The monoisotopic (exact) mass is 407 g/mol. The minimum absolute atomic E-state index is 0.00461. The van der Waals surface area contributed by atoms with Crippen LogP contribution in [0.1, 0.15) is 5.56 Å². The summed E-state index contributed by atoms with van der Waals surface area (Å²) in [5, 5.41) is 2.69. The van der Waals surface area contributed by atoms with Crippen molar-refractivity contribution in [3.63, 3.8) is 0 Å². The van der Waals surface area contributed by atoms with Gasteiger partial charge in [0.25, 0.3) is 0 Å². The second-order valence-corrected chi connectivity index (χ2v) is 7.22. The first-order valence-corrected chi connectivity index (χ1v) is 9.07. The lowest BCUT2D eigenvalue weighted by molar-refractivity contribution is -0.131. The Morgan fingerprint density at radius 3 is 2.62 bits per heavy atom. The number of carbonyl (C=O) groups excluding carboxylic acids is 2. The lowest BCUT2D eigenvalue weighted by Crippen LogP contribution is -2.36. The molecule has 24 heavy (non-hydrogen) atoms. The Kier molecular flexibility index (Phi) is 6.81. The van der Waals surface area contributed by atoms with Crippen molar-refractivity contribution in [2.24, 2.45) is 0 Å². The van der Waals surface area contributed by atoms with Gasteiger partial charge in [-0.25, -0.2) is 4.98 Å². The van der Waals surface area contributed by atoms with Gasteiger partial charge in [-0.05, 0) is 48.9 Å². The van der Waals surface area contributed by atoms with Crippen LogP contribution in [-0.2, 0) is 9.59 Å². The number of aryl methyl sites for hydroxylation is 1. The highest BCUT2D eigenvalue weighted by Crippen LogP contribution is 2.20. The summed E-state index contributed by atoms with van der Waals surface area (Å²) in [6.07, 6.45) is 1.63. The van der Waals surface area contributed by atoms with E-state index in [1.165, 1.54) is 16.7 Å². The van der Waals surface area contributed by atoms with Crippen molar-refractivity contribution in [3.05, 3.63) is 52.6 Å². The number of hydrogen-bond donors (Lipinski definition) is 1. The first-order valence-electron chi connectivity index (χ1n) is 7.29. The molecule has 7 heteroatoms. The molecule has 2 aromatic rings. The Labute approximate surface area is 154 Å². The fourth-order valence-electron chi connectivity index (χ4n) is 1.88. The molecule has 5 nitrogen and oxygen atoms in total. The van der Waals surface area contributed by atoms with Gasteiger partial charge in [-0.15, -0.1) is 11.8 Å². The summed E-state index contributed by atoms with van der Waals surface area (Å²) in [6, 6.07) is 11.4. The molecule has 2 amide bonds. The number of carbonyl (C=O) groups is 2. The molecule has 0 bridgehead atoms. The molecule has 0 atom stereocenters. The zero-order valence-corrected chi connectivity index (χ0v) is 15.9. The summed E-state index contributed by atoms with van der Waals surface area (Å²) in [5.41, 5.74) is 1.01. The van der Waals surface area contributed by atoms with E-state index < -0.39 is 0 Å². The third kappa shape index (κ3) is 5.98. The average molecular weight is 408 g/mol. The van der Waals surface area contributed by atoms with Gasteiger partial charge < -0.3 is 10.2 Å². The molecule has 0 radical (unpaired) electrons. The Balaban J connectivity index is 1.80. The zero-order chi connectivity index (χ0) is 17.5.